The summed E-state index contributed by atoms with van der Waals surface area (Å²) >= 11 is 6.18. The fourth-order valence-corrected chi connectivity index (χ4v) is 4.98. The third-order valence-corrected chi connectivity index (χ3v) is 6.59. The van der Waals surface area contributed by atoms with Gasteiger partial charge in [-0.25, -0.2) is 0 Å². The van der Waals surface area contributed by atoms with E-state index in [1.807, 2.05) is 18.2 Å². The molecular weight excluding hydrogens is 376 g/mol. The zero-order chi connectivity index (χ0) is 19.8. The quantitative estimate of drug-likeness (QED) is 0.279. The van der Waals surface area contributed by atoms with Gasteiger partial charge in [-0.3, -0.25) is 0 Å². The fourth-order valence-electron chi connectivity index (χ4n) is 4.81. The van der Waals surface area contributed by atoms with Crippen molar-refractivity contribution < 1.29 is 4.42 Å². The van der Waals surface area contributed by atoms with Crippen LogP contribution in [-0.4, -0.2) is 0 Å². The van der Waals surface area contributed by atoms with E-state index in [1.54, 1.807) is 0 Å². The van der Waals surface area contributed by atoms with Gasteiger partial charge in [0.2, 0.25) is 0 Å². The van der Waals surface area contributed by atoms with Gasteiger partial charge in [0, 0.05) is 21.2 Å². The van der Waals surface area contributed by atoms with Crippen LogP contribution in [0.5, 0.6) is 0 Å². The Morgan fingerprint density at radius 1 is 0.655 bits per heavy atom. The Kier molecular flexibility index (Phi) is 3.34. The molecule has 4 aromatic carbocycles. The second-order valence-corrected chi connectivity index (χ2v) is 8.82. The van der Waals surface area contributed by atoms with Gasteiger partial charge in [-0.1, -0.05) is 67.9 Å². The molecule has 0 saturated carbocycles. The molecule has 0 unspecified atom stereocenters. The molecule has 5 aromatic rings. The smallest absolute Gasteiger partial charge is 0.136 e. The van der Waals surface area contributed by atoms with Crippen molar-refractivity contribution in [3.05, 3.63) is 95.0 Å². The van der Waals surface area contributed by atoms with E-state index in [0.717, 1.165) is 32.5 Å². The van der Waals surface area contributed by atoms with Crippen LogP contribution in [0.1, 0.15) is 25.0 Å². The summed E-state index contributed by atoms with van der Waals surface area (Å²) in [4.78, 5) is 0. The topological polar surface area (TPSA) is 13.1 Å². The summed E-state index contributed by atoms with van der Waals surface area (Å²) in [6.07, 6.45) is 0. The summed E-state index contributed by atoms with van der Waals surface area (Å²) in [5.41, 5.74) is 9.61. The standard InChI is InChI=1S/C27H19ClO/c1-27(2)23-6-4-3-5-19(23)20-10-7-16(13-24(20)27)17-8-11-21-22-15-18(28)9-12-25(22)29-26(21)14-17/h3-15H,1-2H3. The first-order chi connectivity index (χ1) is 14.0. The largest absolute Gasteiger partial charge is 0.456 e. The van der Waals surface area contributed by atoms with Gasteiger partial charge in [0.1, 0.15) is 11.2 Å². The van der Waals surface area contributed by atoms with Crippen LogP contribution < -0.4 is 0 Å². The lowest BCUT2D eigenvalue weighted by Crippen LogP contribution is -2.14. The van der Waals surface area contributed by atoms with E-state index >= 15 is 0 Å². The van der Waals surface area contributed by atoms with Gasteiger partial charge in [0.05, 0.1) is 0 Å². The second-order valence-electron chi connectivity index (χ2n) is 8.38. The molecule has 0 N–H and O–H groups in total. The molecule has 2 heteroatoms. The third kappa shape index (κ3) is 2.34. The maximum Gasteiger partial charge on any atom is 0.136 e. The monoisotopic (exact) mass is 394 g/mol. The molecule has 0 aliphatic heterocycles. The first kappa shape index (κ1) is 16.9. The average Bonchev–Trinajstić information content (AvgIpc) is 3.20. The zero-order valence-corrected chi connectivity index (χ0v) is 17.0. The van der Waals surface area contributed by atoms with Crippen molar-refractivity contribution in [1.82, 2.24) is 0 Å². The van der Waals surface area contributed by atoms with Crippen LogP contribution in [0.4, 0.5) is 0 Å². The number of rotatable bonds is 1. The lowest BCUT2D eigenvalue weighted by molar-refractivity contribution is 0.660. The predicted molar refractivity (Wildman–Crippen MR) is 122 cm³/mol. The van der Waals surface area contributed by atoms with Crippen molar-refractivity contribution in [2.24, 2.45) is 0 Å². The van der Waals surface area contributed by atoms with Crippen molar-refractivity contribution in [2.45, 2.75) is 19.3 Å². The van der Waals surface area contributed by atoms with Crippen LogP contribution in [-0.2, 0) is 5.41 Å². The van der Waals surface area contributed by atoms with E-state index in [1.165, 1.54) is 27.8 Å². The normalized spacial score (nSPS) is 14.3. The van der Waals surface area contributed by atoms with Crippen LogP contribution >= 0.6 is 11.6 Å². The number of fused-ring (bicyclic) bond motifs is 6. The Morgan fingerprint density at radius 3 is 2.31 bits per heavy atom. The lowest BCUT2D eigenvalue weighted by Gasteiger charge is -2.22. The van der Waals surface area contributed by atoms with Crippen LogP contribution in [0.15, 0.2) is 83.3 Å². The first-order valence-corrected chi connectivity index (χ1v) is 10.3. The SMILES string of the molecule is CC1(C)c2ccccc2-c2ccc(-c3ccc4c(c3)oc3ccc(Cl)cc34)cc21. The highest BCUT2D eigenvalue weighted by Gasteiger charge is 2.35. The summed E-state index contributed by atoms with van der Waals surface area (Å²) in [6.45, 7) is 4.63. The molecule has 0 saturated heterocycles. The number of halogens is 1. The Hall–Kier alpha value is -3.03. The van der Waals surface area contributed by atoms with Crippen molar-refractivity contribution in [1.29, 1.82) is 0 Å². The van der Waals surface area contributed by atoms with Crippen LogP contribution in [0.3, 0.4) is 0 Å². The van der Waals surface area contributed by atoms with Gasteiger partial charge >= 0.3 is 0 Å². The molecule has 1 aliphatic carbocycles. The summed E-state index contributed by atoms with van der Waals surface area (Å²) in [7, 11) is 0. The molecular formula is C27H19ClO. The van der Waals surface area contributed by atoms with Gasteiger partial charge in [0.15, 0.2) is 0 Å². The minimum absolute atomic E-state index is 0.00213. The van der Waals surface area contributed by atoms with E-state index < -0.39 is 0 Å². The summed E-state index contributed by atoms with van der Waals surface area (Å²) in [6, 6.07) is 27.8. The molecule has 1 nitrogen and oxygen atoms in total. The second kappa shape index (κ2) is 5.75. The number of hydrogen-bond donors (Lipinski definition) is 0. The van der Waals surface area contributed by atoms with E-state index in [0.29, 0.717) is 0 Å². The molecule has 0 amide bonds. The summed E-state index contributed by atoms with van der Waals surface area (Å²) in [5, 5.41) is 2.88. The molecule has 140 valence electrons. The molecule has 1 aliphatic rings. The van der Waals surface area contributed by atoms with Gasteiger partial charge in [-0.05, 0) is 69.8 Å². The lowest BCUT2D eigenvalue weighted by atomic mass is 9.81. The minimum Gasteiger partial charge on any atom is -0.456 e. The summed E-state index contributed by atoms with van der Waals surface area (Å²) in [5.74, 6) is 0. The average molecular weight is 395 g/mol. The third-order valence-electron chi connectivity index (χ3n) is 6.35. The fraction of sp³-hybridized carbons (Fsp3) is 0.111. The Morgan fingerprint density at radius 2 is 1.41 bits per heavy atom. The molecule has 0 atom stereocenters. The molecule has 0 radical (unpaired) electrons. The van der Waals surface area contributed by atoms with E-state index in [4.69, 9.17) is 16.0 Å². The number of hydrogen-bond acceptors (Lipinski definition) is 1. The molecule has 1 aromatic heterocycles. The van der Waals surface area contributed by atoms with E-state index in [2.05, 4.69) is 74.5 Å². The Labute approximate surface area is 174 Å². The van der Waals surface area contributed by atoms with Gasteiger partial charge in [-0.15, -0.1) is 0 Å². The highest BCUT2D eigenvalue weighted by molar-refractivity contribution is 6.31. The van der Waals surface area contributed by atoms with Crippen LogP contribution in [0, 0.1) is 0 Å². The molecule has 0 fully saturated rings. The van der Waals surface area contributed by atoms with Crippen molar-refractivity contribution in [3.8, 4) is 22.3 Å². The molecule has 0 bridgehead atoms. The molecule has 6 rings (SSSR count). The highest BCUT2D eigenvalue weighted by Crippen LogP contribution is 2.49. The molecule has 29 heavy (non-hydrogen) atoms. The number of benzene rings is 4. The first-order valence-electron chi connectivity index (χ1n) is 9.89. The van der Waals surface area contributed by atoms with Crippen molar-refractivity contribution in [3.63, 3.8) is 0 Å². The van der Waals surface area contributed by atoms with E-state index in [-0.39, 0.29) is 5.41 Å². The van der Waals surface area contributed by atoms with Crippen molar-refractivity contribution in [2.75, 3.05) is 0 Å². The molecule has 1 heterocycles. The predicted octanol–water partition coefficient (Wildman–Crippen LogP) is 8.21. The maximum absolute atomic E-state index is 6.18. The maximum atomic E-state index is 6.18. The van der Waals surface area contributed by atoms with E-state index in [9.17, 15) is 0 Å². The Bertz CT molecular complexity index is 1440. The minimum atomic E-state index is 0.00213. The van der Waals surface area contributed by atoms with Crippen LogP contribution in [0.2, 0.25) is 5.02 Å². The van der Waals surface area contributed by atoms with Gasteiger partial charge in [-0.2, -0.15) is 0 Å². The van der Waals surface area contributed by atoms with Crippen LogP contribution in [0.25, 0.3) is 44.2 Å². The van der Waals surface area contributed by atoms with Crippen molar-refractivity contribution >= 4 is 33.5 Å². The number of furan rings is 1. The zero-order valence-electron chi connectivity index (χ0n) is 16.3. The highest BCUT2D eigenvalue weighted by atomic mass is 35.5. The Balaban J connectivity index is 1.52. The summed E-state index contributed by atoms with van der Waals surface area (Å²) < 4.78 is 6.10. The van der Waals surface area contributed by atoms with Gasteiger partial charge < -0.3 is 4.42 Å². The van der Waals surface area contributed by atoms with Gasteiger partial charge in [0.25, 0.3) is 0 Å². The molecule has 0 spiro atoms.